The molecule has 0 spiro atoms. The van der Waals surface area contributed by atoms with Gasteiger partial charge in [0.15, 0.2) is 0 Å². The van der Waals surface area contributed by atoms with Gasteiger partial charge in [-0.3, -0.25) is 10.1 Å². The summed E-state index contributed by atoms with van der Waals surface area (Å²) in [6.07, 6.45) is 3.22. The highest BCUT2D eigenvalue weighted by Gasteiger charge is 2.33. The van der Waals surface area contributed by atoms with Crippen molar-refractivity contribution in [1.29, 1.82) is 0 Å². The van der Waals surface area contributed by atoms with Crippen LogP contribution >= 0.6 is 0 Å². The molecule has 2 rings (SSSR count). The Morgan fingerprint density at radius 3 is 2.79 bits per heavy atom. The number of halogens is 1. The number of nitrogens with one attached hydrogen (secondary N) is 1. The Labute approximate surface area is 112 Å². The van der Waals surface area contributed by atoms with E-state index in [-0.39, 0.29) is 6.04 Å². The summed E-state index contributed by atoms with van der Waals surface area (Å²) in [6, 6.07) is 4.39. The Balaban J connectivity index is 2.20. The van der Waals surface area contributed by atoms with Crippen molar-refractivity contribution in [2.24, 2.45) is 11.8 Å². The molecule has 3 unspecified atom stereocenters. The minimum Gasteiger partial charge on any atom is -0.376 e. The molecule has 1 aliphatic rings. The van der Waals surface area contributed by atoms with Crippen LogP contribution < -0.4 is 5.32 Å². The molecule has 19 heavy (non-hydrogen) atoms. The maximum Gasteiger partial charge on any atom is 0.327 e. The maximum absolute atomic E-state index is 13.5. The van der Waals surface area contributed by atoms with Crippen molar-refractivity contribution in [1.82, 2.24) is 0 Å². The smallest absolute Gasteiger partial charge is 0.327 e. The van der Waals surface area contributed by atoms with Gasteiger partial charge in [-0.15, -0.1) is 0 Å². The van der Waals surface area contributed by atoms with Crippen LogP contribution in [0.5, 0.6) is 0 Å². The van der Waals surface area contributed by atoms with Crippen LogP contribution in [-0.2, 0) is 0 Å². The second-order valence-corrected chi connectivity index (χ2v) is 5.25. The van der Waals surface area contributed by atoms with Gasteiger partial charge in [-0.25, -0.2) is 0 Å². The molecule has 0 heterocycles. The predicted molar refractivity (Wildman–Crippen MR) is 72.6 cm³/mol. The first kappa shape index (κ1) is 13.8. The summed E-state index contributed by atoms with van der Waals surface area (Å²) in [7, 11) is 0. The molecule has 5 heteroatoms. The normalized spacial score (nSPS) is 26.4. The quantitative estimate of drug-likeness (QED) is 0.662. The van der Waals surface area contributed by atoms with E-state index in [2.05, 4.69) is 19.2 Å². The molecule has 1 aromatic carbocycles. The van der Waals surface area contributed by atoms with Gasteiger partial charge in [0, 0.05) is 6.04 Å². The number of rotatable bonds is 4. The number of anilines is 1. The molecule has 1 aromatic rings. The van der Waals surface area contributed by atoms with E-state index in [1.165, 1.54) is 6.07 Å². The second-order valence-electron chi connectivity index (χ2n) is 5.25. The fourth-order valence-corrected chi connectivity index (χ4v) is 3.04. The molecule has 1 saturated carbocycles. The summed E-state index contributed by atoms with van der Waals surface area (Å²) < 4.78 is 13.5. The van der Waals surface area contributed by atoms with E-state index in [1.807, 2.05) is 0 Å². The first-order valence-electron chi connectivity index (χ1n) is 6.74. The molecular formula is C14H19FN2O2. The van der Waals surface area contributed by atoms with Gasteiger partial charge in [0.05, 0.1) is 4.92 Å². The number of hydrogen-bond acceptors (Lipinski definition) is 3. The SMILES string of the molecule is CCC1CCC(Nc2cccc(F)c2[N+](=O)[O-])C1C. The molecule has 0 amide bonds. The lowest BCUT2D eigenvalue weighted by molar-refractivity contribution is -0.386. The Morgan fingerprint density at radius 2 is 2.21 bits per heavy atom. The summed E-state index contributed by atoms with van der Waals surface area (Å²) >= 11 is 0. The van der Waals surface area contributed by atoms with Crippen LogP contribution in [0, 0.1) is 27.8 Å². The minimum absolute atomic E-state index is 0.186. The lowest BCUT2D eigenvalue weighted by atomic mass is 9.93. The predicted octanol–water partition coefficient (Wildman–Crippen LogP) is 3.97. The van der Waals surface area contributed by atoms with E-state index in [4.69, 9.17) is 0 Å². The summed E-state index contributed by atoms with van der Waals surface area (Å²) in [5, 5.41) is 14.1. The summed E-state index contributed by atoms with van der Waals surface area (Å²) in [6.45, 7) is 4.32. The Kier molecular flexibility index (Phi) is 4.02. The third-order valence-electron chi connectivity index (χ3n) is 4.26. The maximum atomic E-state index is 13.5. The number of hydrogen-bond donors (Lipinski definition) is 1. The van der Waals surface area contributed by atoms with Crippen molar-refractivity contribution in [3.63, 3.8) is 0 Å². The molecule has 4 nitrogen and oxygen atoms in total. The zero-order chi connectivity index (χ0) is 14.0. The highest BCUT2D eigenvalue weighted by Crippen LogP contribution is 2.37. The zero-order valence-electron chi connectivity index (χ0n) is 11.2. The lowest BCUT2D eigenvalue weighted by Crippen LogP contribution is -2.25. The van der Waals surface area contributed by atoms with Crippen LogP contribution in [-0.4, -0.2) is 11.0 Å². The van der Waals surface area contributed by atoms with Gasteiger partial charge in [0.2, 0.25) is 5.82 Å². The molecule has 0 saturated heterocycles. The topological polar surface area (TPSA) is 55.2 Å². The van der Waals surface area contributed by atoms with Crippen molar-refractivity contribution in [2.45, 2.75) is 39.2 Å². The summed E-state index contributed by atoms with van der Waals surface area (Å²) in [5.41, 5.74) is -0.159. The van der Waals surface area contributed by atoms with Crippen LogP contribution in [0.4, 0.5) is 15.8 Å². The van der Waals surface area contributed by atoms with Gasteiger partial charge in [0.1, 0.15) is 5.69 Å². The van der Waals surface area contributed by atoms with E-state index in [1.54, 1.807) is 6.07 Å². The average molecular weight is 266 g/mol. The monoisotopic (exact) mass is 266 g/mol. The number of nitro groups is 1. The molecule has 0 radical (unpaired) electrons. The molecule has 1 fully saturated rings. The van der Waals surface area contributed by atoms with E-state index in [0.717, 1.165) is 25.3 Å². The standard InChI is InChI=1S/C14H19FN2O2/c1-3-10-7-8-12(9(10)2)16-13-6-4-5-11(15)14(13)17(18)19/h4-6,9-10,12,16H,3,7-8H2,1-2H3. The highest BCUT2D eigenvalue weighted by atomic mass is 19.1. The first-order valence-corrected chi connectivity index (χ1v) is 6.74. The van der Waals surface area contributed by atoms with E-state index in [0.29, 0.717) is 17.5 Å². The van der Waals surface area contributed by atoms with Crippen LogP contribution in [0.1, 0.15) is 33.1 Å². The molecule has 1 aliphatic carbocycles. The van der Waals surface area contributed by atoms with E-state index >= 15 is 0 Å². The largest absolute Gasteiger partial charge is 0.376 e. The number of para-hydroxylation sites is 1. The highest BCUT2D eigenvalue weighted by molar-refractivity contribution is 5.62. The third kappa shape index (κ3) is 2.69. The molecule has 104 valence electrons. The Bertz CT molecular complexity index is 479. The van der Waals surface area contributed by atoms with Gasteiger partial charge in [-0.05, 0) is 36.8 Å². The van der Waals surface area contributed by atoms with Gasteiger partial charge in [-0.2, -0.15) is 4.39 Å². The summed E-state index contributed by atoms with van der Waals surface area (Å²) in [4.78, 5) is 10.3. The van der Waals surface area contributed by atoms with Crippen LogP contribution in [0.15, 0.2) is 18.2 Å². The van der Waals surface area contributed by atoms with Crippen molar-refractivity contribution < 1.29 is 9.31 Å². The van der Waals surface area contributed by atoms with Gasteiger partial charge < -0.3 is 5.32 Å². The summed E-state index contributed by atoms with van der Waals surface area (Å²) in [5.74, 6) is 0.311. The Morgan fingerprint density at radius 1 is 1.47 bits per heavy atom. The molecule has 3 atom stereocenters. The van der Waals surface area contributed by atoms with Gasteiger partial charge in [0.25, 0.3) is 0 Å². The molecule has 0 aliphatic heterocycles. The van der Waals surface area contributed by atoms with Crippen LogP contribution in [0.25, 0.3) is 0 Å². The zero-order valence-corrected chi connectivity index (χ0v) is 11.2. The Hall–Kier alpha value is -1.65. The van der Waals surface area contributed by atoms with E-state index < -0.39 is 16.4 Å². The van der Waals surface area contributed by atoms with Gasteiger partial charge >= 0.3 is 5.69 Å². The number of benzene rings is 1. The first-order chi connectivity index (χ1) is 9.04. The van der Waals surface area contributed by atoms with Crippen molar-refractivity contribution >= 4 is 11.4 Å². The van der Waals surface area contributed by atoms with Gasteiger partial charge in [-0.1, -0.05) is 26.3 Å². The lowest BCUT2D eigenvalue weighted by Gasteiger charge is -2.21. The van der Waals surface area contributed by atoms with Crippen LogP contribution in [0.2, 0.25) is 0 Å². The molecule has 1 N–H and O–H groups in total. The van der Waals surface area contributed by atoms with Crippen molar-refractivity contribution in [3.8, 4) is 0 Å². The van der Waals surface area contributed by atoms with Crippen LogP contribution in [0.3, 0.4) is 0 Å². The fraction of sp³-hybridized carbons (Fsp3) is 0.571. The molecule has 0 bridgehead atoms. The number of nitro benzene ring substituents is 1. The van der Waals surface area contributed by atoms with Crippen molar-refractivity contribution in [3.05, 3.63) is 34.1 Å². The number of nitrogens with zero attached hydrogens (tertiary/aromatic N) is 1. The fourth-order valence-electron chi connectivity index (χ4n) is 3.04. The molecular weight excluding hydrogens is 247 g/mol. The second kappa shape index (κ2) is 5.55. The molecule has 0 aromatic heterocycles. The average Bonchev–Trinajstić information content (AvgIpc) is 2.70. The minimum atomic E-state index is -0.785. The third-order valence-corrected chi connectivity index (χ3v) is 4.26. The van der Waals surface area contributed by atoms with Crippen molar-refractivity contribution in [2.75, 3.05) is 5.32 Å². The van der Waals surface area contributed by atoms with E-state index in [9.17, 15) is 14.5 Å².